The number of hydrogen-bond donors (Lipinski definition) is 0. The predicted molar refractivity (Wildman–Crippen MR) is 114 cm³/mol. The second kappa shape index (κ2) is 8.15. The number of rotatable bonds is 5. The molecule has 2 aromatic carbocycles. The van der Waals surface area contributed by atoms with Crippen molar-refractivity contribution in [2.75, 3.05) is 49.6 Å². The van der Waals surface area contributed by atoms with E-state index in [9.17, 15) is 9.59 Å². The first kappa shape index (κ1) is 19.3. The molecular formula is C23H27N3O3. The average Bonchev–Trinajstić information content (AvgIpc) is 3.08. The number of ether oxygens (including phenoxy) is 1. The van der Waals surface area contributed by atoms with Gasteiger partial charge < -0.3 is 19.4 Å². The summed E-state index contributed by atoms with van der Waals surface area (Å²) in [6, 6.07) is 13.7. The molecule has 2 heterocycles. The zero-order valence-corrected chi connectivity index (χ0v) is 17.1. The topological polar surface area (TPSA) is 53.1 Å². The minimum atomic E-state index is 0.0450. The number of piperazine rings is 1. The van der Waals surface area contributed by atoms with Crippen molar-refractivity contribution >= 4 is 23.2 Å². The summed E-state index contributed by atoms with van der Waals surface area (Å²) in [5.41, 5.74) is 3.74. The molecule has 0 bridgehead atoms. The van der Waals surface area contributed by atoms with E-state index in [-0.39, 0.29) is 11.8 Å². The summed E-state index contributed by atoms with van der Waals surface area (Å²) in [7, 11) is 1.66. The van der Waals surface area contributed by atoms with E-state index in [1.165, 1.54) is 0 Å². The quantitative estimate of drug-likeness (QED) is 0.784. The Morgan fingerprint density at radius 3 is 2.41 bits per heavy atom. The van der Waals surface area contributed by atoms with Crippen LogP contribution in [-0.4, -0.2) is 56.5 Å². The first-order chi connectivity index (χ1) is 14.1. The number of hydrogen-bond acceptors (Lipinski definition) is 4. The molecule has 0 aromatic heterocycles. The average molecular weight is 393 g/mol. The van der Waals surface area contributed by atoms with Crippen LogP contribution in [0.4, 0.5) is 11.4 Å². The lowest BCUT2D eigenvalue weighted by Gasteiger charge is -2.36. The van der Waals surface area contributed by atoms with Gasteiger partial charge in [-0.1, -0.05) is 6.92 Å². The second-order valence-corrected chi connectivity index (χ2v) is 7.54. The molecule has 0 radical (unpaired) electrons. The maximum atomic E-state index is 13.0. The number of carbonyl (C=O) groups is 2. The van der Waals surface area contributed by atoms with E-state index in [1.54, 1.807) is 7.11 Å². The lowest BCUT2D eigenvalue weighted by Crippen LogP contribution is -2.48. The Kier molecular flexibility index (Phi) is 5.43. The monoisotopic (exact) mass is 393 g/mol. The van der Waals surface area contributed by atoms with Crippen LogP contribution in [0.1, 0.15) is 29.3 Å². The molecule has 2 aliphatic heterocycles. The molecule has 2 amide bonds. The van der Waals surface area contributed by atoms with Crippen molar-refractivity contribution in [3.8, 4) is 5.75 Å². The normalized spacial score (nSPS) is 16.2. The Morgan fingerprint density at radius 2 is 1.76 bits per heavy atom. The Bertz CT molecular complexity index is 902. The van der Waals surface area contributed by atoms with Gasteiger partial charge in [-0.05, 0) is 54.4 Å². The molecule has 29 heavy (non-hydrogen) atoms. The Labute approximate surface area is 171 Å². The number of amides is 2. The highest BCUT2D eigenvalue weighted by Crippen LogP contribution is 2.30. The van der Waals surface area contributed by atoms with Crippen molar-refractivity contribution in [2.24, 2.45) is 0 Å². The molecule has 0 N–H and O–H groups in total. The van der Waals surface area contributed by atoms with Gasteiger partial charge in [-0.2, -0.15) is 0 Å². The first-order valence-electron chi connectivity index (χ1n) is 10.2. The number of carbonyl (C=O) groups excluding carboxylic acids is 2. The molecule has 1 saturated heterocycles. The van der Waals surface area contributed by atoms with E-state index in [4.69, 9.17) is 4.74 Å². The van der Waals surface area contributed by atoms with Gasteiger partial charge in [0.2, 0.25) is 5.91 Å². The predicted octanol–water partition coefficient (Wildman–Crippen LogP) is 2.96. The molecule has 0 aliphatic carbocycles. The van der Waals surface area contributed by atoms with Crippen molar-refractivity contribution in [3.63, 3.8) is 0 Å². The van der Waals surface area contributed by atoms with Gasteiger partial charge in [0, 0.05) is 49.7 Å². The maximum Gasteiger partial charge on any atom is 0.253 e. The van der Waals surface area contributed by atoms with Crippen molar-refractivity contribution in [1.29, 1.82) is 0 Å². The van der Waals surface area contributed by atoms with Crippen molar-refractivity contribution in [1.82, 2.24) is 4.90 Å². The third-order valence-corrected chi connectivity index (χ3v) is 5.71. The fourth-order valence-electron chi connectivity index (χ4n) is 4.13. The minimum absolute atomic E-state index is 0.0450. The molecule has 6 nitrogen and oxygen atoms in total. The number of benzene rings is 2. The number of methoxy groups -OCH3 is 1. The fraction of sp³-hybridized carbons (Fsp3) is 0.391. The summed E-state index contributed by atoms with van der Waals surface area (Å²) < 4.78 is 5.22. The standard InChI is InChI=1S/C23H27N3O3/c1-3-10-26-21-9-4-17(15-18(21)16-22(26)27)23(28)25-13-11-24(12-14-25)19-5-7-20(29-2)8-6-19/h4-9,15H,3,10-14,16H2,1-2H3. The zero-order valence-electron chi connectivity index (χ0n) is 17.1. The Morgan fingerprint density at radius 1 is 1.03 bits per heavy atom. The molecular weight excluding hydrogens is 366 g/mol. The summed E-state index contributed by atoms with van der Waals surface area (Å²) in [6.45, 7) is 5.75. The van der Waals surface area contributed by atoms with E-state index in [0.717, 1.165) is 48.7 Å². The maximum absolute atomic E-state index is 13.0. The first-order valence-corrected chi connectivity index (χ1v) is 10.2. The summed E-state index contributed by atoms with van der Waals surface area (Å²) >= 11 is 0. The summed E-state index contributed by atoms with van der Waals surface area (Å²) in [5.74, 6) is 1.01. The van der Waals surface area contributed by atoms with Gasteiger partial charge in [0.15, 0.2) is 0 Å². The number of fused-ring (bicyclic) bond motifs is 1. The SMILES string of the molecule is CCCN1C(=O)Cc2cc(C(=O)N3CCN(c4ccc(OC)cc4)CC3)ccc21. The van der Waals surface area contributed by atoms with E-state index in [0.29, 0.717) is 25.1 Å². The van der Waals surface area contributed by atoms with Crippen LogP contribution in [-0.2, 0) is 11.2 Å². The lowest BCUT2D eigenvalue weighted by atomic mass is 10.1. The van der Waals surface area contributed by atoms with Gasteiger partial charge in [-0.25, -0.2) is 0 Å². The molecule has 0 atom stereocenters. The summed E-state index contributed by atoms with van der Waals surface area (Å²) in [5, 5.41) is 0. The van der Waals surface area contributed by atoms with E-state index in [2.05, 4.69) is 24.0 Å². The Balaban J connectivity index is 1.41. The molecule has 6 heteroatoms. The highest BCUT2D eigenvalue weighted by Gasteiger charge is 2.28. The summed E-state index contributed by atoms with van der Waals surface area (Å²) in [6.07, 6.45) is 1.31. The molecule has 4 rings (SSSR count). The smallest absolute Gasteiger partial charge is 0.253 e. The molecule has 152 valence electrons. The van der Waals surface area contributed by atoms with Crippen LogP contribution < -0.4 is 14.5 Å². The van der Waals surface area contributed by atoms with Gasteiger partial charge in [0.25, 0.3) is 5.91 Å². The van der Waals surface area contributed by atoms with Crippen LogP contribution in [0.5, 0.6) is 5.75 Å². The van der Waals surface area contributed by atoms with Crippen molar-refractivity contribution in [2.45, 2.75) is 19.8 Å². The van der Waals surface area contributed by atoms with Gasteiger partial charge in [-0.15, -0.1) is 0 Å². The van der Waals surface area contributed by atoms with Crippen molar-refractivity contribution < 1.29 is 14.3 Å². The molecule has 1 fully saturated rings. The second-order valence-electron chi connectivity index (χ2n) is 7.54. The highest BCUT2D eigenvalue weighted by atomic mass is 16.5. The van der Waals surface area contributed by atoms with E-state index in [1.807, 2.05) is 40.1 Å². The summed E-state index contributed by atoms with van der Waals surface area (Å²) in [4.78, 5) is 31.3. The zero-order chi connectivity index (χ0) is 20.4. The molecule has 2 aliphatic rings. The third-order valence-electron chi connectivity index (χ3n) is 5.71. The van der Waals surface area contributed by atoms with E-state index < -0.39 is 0 Å². The minimum Gasteiger partial charge on any atom is -0.497 e. The molecule has 0 unspecified atom stereocenters. The third kappa shape index (κ3) is 3.79. The molecule has 0 saturated carbocycles. The van der Waals surface area contributed by atoms with Gasteiger partial charge >= 0.3 is 0 Å². The highest BCUT2D eigenvalue weighted by molar-refractivity contribution is 6.03. The van der Waals surface area contributed by atoms with Crippen LogP contribution in [0.15, 0.2) is 42.5 Å². The van der Waals surface area contributed by atoms with Crippen LogP contribution in [0.2, 0.25) is 0 Å². The molecule has 2 aromatic rings. The van der Waals surface area contributed by atoms with Crippen LogP contribution in [0.25, 0.3) is 0 Å². The number of nitrogens with zero attached hydrogens (tertiary/aromatic N) is 3. The largest absolute Gasteiger partial charge is 0.497 e. The van der Waals surface area contributed by atoms with Crippen molar-refractivity contribution in [3.05, 3.63) is 53.6 Å². The van der Waals surface area contributed by atoms with Gasteiger partial charge in [0.05, 0.1) is 13.5 Å². The van der Waals surface area contributed by atoms with Gasteiger partial charge in [-0.3, -0.25) is 9.59 Å². The Hall–Kier alpha value is -3.02. The number of anilines is 2. The van der Waals surface area contributed by atoms with E-state index >= 15 is 0 Å². The fourth-order valence-corrected chi connectivity index (χ4v) is 4.13. The van der Waals surface area contributed by atoms with Crippen LogP contribution >= 0.6 is 0 Å². The van der Waals surface area contributed by atoms with Gasteiger partial charge in [0.1, 0.15) is 5.75 Å². The lowest BCUT2D eigenvalue weighted by molar-refractivity contribution is -0.117. The van der Waals surface area contributed by atoms with Crippen LogP contribution in [0.3, 0.4) is 0 Å². The van der Waals surface area contributed by atoms with Crippen LogP contribution in [0, 0.1) is 0 Å². The molecule has 0 spiro atoms.